The molecule has 0 unspecified atom stereocenters. The molecule has 30 heavy (non-hydrogen) atoms. The number of hydrogen-bond acceptors (Lipinski definition) is 3. The number of para-hydroxylation sites is 1. The van der Waals surface area contributed by atoms with Gasteiger partial charge in [0, 0.05) is 44.3 Å². The molecule has 2 aromatic carbocycles. The van der Waals surface area contributed by atoms with Gasteiger partial charge in [-0.3, -0.25) is 4.99 Å². The number of ether oxygens (including phenoxy) is 2. The molecule has 1 fully saturated rings. The molecule has 0 aromatic heterocycles. The van der Waals surface area contributed by atoms with E-state index in [1.165, 1.54) is 11.6 Å². The molecule has 0 saturated carbocycles. The summed E-state index contributed by atoms with van der Waals surface area (Å²) in [5, 5.41) is 6.59. The number of aliphatic imine (C=N–C) groups is 1. The number of nitrogens with zero attached hydrogens (tertiary/aromatic N) is 1. The number of alkyl halides is 2. The van der Waals surface area contributed by atoms with Gasteiger partial charge in [-0.25, -0.2) is 0 Å². The Morgan fingerprint density at radius 1 is 1.07 bits per heavy atom. The normalized spacial score (nSPS) is 15.9. The van der Waals surface area contributed by atoms with Gasteiger partial charge in [-0.1, -0.05) is 48.5 Å². The Bertz CT molecular complexity index is 800. The van der Waals surface area contributed by atoms with E-state index >= 15 is 0 Å². The van der Waals surface area contributed by atoms with Crippen LogP contribution in [0.1, 0.15) is 24.0 Å². The van der Waals surface area contributed by atoms with Crippen LogP contribution in [-0.2, 0) is 16.7 Å². The number of hydrogen-bond donors (Lipinski definition) is 2. The van der Waals surface area contributed by atoms with Gasteiger partial charge >= 0.3 is 6.61 Å². The first kappa shape index (κ1) is 24.3. The van der Waals surface area contributed by atoms with Crippen LogP contribution in [0.5, 0.6) is 5.75 Å². The lowest BCUT2D eigenvalue weighted by Crippen LogP contribution is -2.47. The molecule has 0 amide bonds. The average molecular weight is 531 g/mol. The average Bonchev–Trinajstić information content (AvgIpc) is 2.76. The summed E-state index contributed by atoms with van der Waals surface area (Å²) in [6.07, 6.45) is 1.85. The van der Waals surface area contributed by atoms with Crippen molar-refractivity contribution in [2.75, 3.05) is 26.8 Å². The van der Waals surface area contributed by atoms with E-state index in [2.05, 4.69) is 44.6 Å². The lowest BCUT2D eigenvalue weighted by Gasteiger charge is -2.38. The van der Waals surface area contributed by atoms with E-state index in [0.29, 0.717) is 24.6 Å². The lowest BCUT2D eigenvalue weighted by molar-refractivity contribution is -0.0504. The molecule has 0 atom stereocenters. The van der Waals surface area contributed by atoms with Gasteiger partial charge in [-0.15, -0.1) is 24.0 Å². The molecule has 1 aliphatic rings. The van der Waals surface area contributed by atoms with Gasteiger partial charge < -0.3 is 20.1 Å². The minimum Gasteiger partial charge on any atom is -0.434 e. The van der Waals surface area contributed by atoms with Crippen LogP contribution in [0.25, 0.3) is 0 Å². The molecular formula is C22H28F2IN3O2. The molecule has 0 spiro atoms. The van der Waals surface area contributed by atoms with Crippen molar-refractivity contribution in [3.05, 3.63) is 65.7 Å². The molecule has 2 aromatic rings. The molecule has 1 heterocycles. The largest absolute Gasteiger partial charge is 0.434 e. The highest BCUT2D eigenvalue weighted by Crippen LogP contribution is 2.34. The monoisotopic (exact) mass is 531 g/mol. The van der Waals surface area contributed by atoms with E-state index in [1.807, 2.05) is 6.07 Å². The van der Waals surface area contributed by atoms with Gasteiger partial charge in [0.1, 0.15) is 5.75 Å². The Labute approximate surface area is 193 Å². The van der Waals surface area contributed by atoms with Crippen molar-refractivity contribution in [2.45, 2.75) is 31.4 Å². The zero-order valence-electron chi connectivity index (χ0n) is 16.9. The summed E-state index contributed by atoms with van der Waals surface area (Å²) in [5.41, 5.74) is 1.88. The quantitative estimate of drug-likeness (QED) is 0.318. The van der Waals surface area contributed by atoms with E-state index in [0.717, 1.165) is 26.1 Å². The fraction of sp³-hybridized carbons (Fsp3) is 0.409. The topological polar surface area (TPSA) is 54.9 Å². The summed E-state index contributed by atoms with van der Waals surface area (Å²) in [6, 6.07) is 17.2. The molecule has 1 saturated heterocycles. The fourth-order valence-corrected chi connectivity index (χ4v) is 3.63. The highest BCUT2D eigenvalue weighted by Gasteiger charge is 2.34. The molecule has 0 bridgehead atoms. The summed E-state index contributed by atoms with van der Waals surface area (Å²) in [5.74, 6) is 0.772. The molecular weight excluding hydrogens is 503 g/mol. The van der Waals surface area contributed by atoms with Crippen molar-refractivity contribution in [1.82, 2.24) is 10.6 Å². The summed E-state index contributed by atoms with van der Waals surface area (Å²) < 4.78 is 35.4. The van der Waals surface area contributed by atoms with Crippen molar-refractivity contribution in [3.63, 3.8) is 0 Å². The van der Waals surface area contributed by atoms with Crippen molar-refractivity contribution >= 4 is 29.9 Å². The number of guanidine groups is 1. The Balaban J connectivity index is 0.00000320. The number of benzene rings is 2. The van der Waals surface area contributed by atoms with Gasteiger partial charge in [0.05, 0.1) is 0 Å². The second-order valence-corrected chi connectivity index (χ2v) is 7.02. The van der Waals surface area contributed by atoms with Gasteiger partial charge in [-0.2, -0.15) is 8.78 Å². The van der Waals surface area contributed by atoms with E-state index in [-0.39, 0.29) is 35.1 Å². The van der Waals surface area contributed by atoms with Crippen molar-refractivity contribution < 1.29 is 18.3 Å². The van der Waals surface area contributed by atoms with Crippen LogP contribution in [0.3, 0.4) is 0 Å². The molecule has 164 valence electrons. The number of halogens is 3. The summed E-state index contributed by atoms with van der Waals surface area (Å²) >= 11 is 0. The van der Waals surface area contributed by atoms with Crippen LogP contribution in [0.15, 0.2) is 59.6 Å². The smallest absolute Gasteiger partial charge is 0.387 e. The predicted octanol–water partition coefficient (Wildman–Crippen LogP) is 4.32. The lowest BCUT2D eigenvalue weighted by atomic mass is 9.74. The first-order valence-corrected chi connectivity index (χ1v) is 9.73. The van der Waals surface area contributed by atoms with Gasteiger partial charge in [0.15, 0.2) is 5.96 Å². The Morgan fingerprint density at radius 2 is 1.73 bits per heavy atom. The second-order valence-electron chi connectivity index (χ2n) is 7.02. The molecule has 8 heteroatoms. The highest BCUT2D eigenvalue weighted by molar-refractivity contribution is 14.0. The van der Waals surface area contributed by atoms with Crippen molar-refractivity contribution in [2.24, 2.45) is 4.99 Å². The third-order valence-electron chi connectivity index (χ3n) is 5.29. The Kier molecular flexibility index (Phi) is 9.77. The van der Waals surface area contributed by atoms with Crippen LogP contribution >= 0.6 is 24.0 Å². The molecule has 0 aliphatic carbocycles. The minimum absolute atomic E-state index is 0. The minimum atomic E-state index is -2.85. The molecule has 2 N–H and O–H groups in total. The zero-order valence-corrected chi connectivity index (χ0v) is 19.3. The van der Waals surface area contributed by atoms with Gasteiger partial charge in [0.25, 0.3) is 0 Å². The third-order valence-corrected chi connectivity index (χ3v) is 5.29. The highest BCUT2D eigenvalue weighted by atomic mass is 127. The van der Waals surface area contributed by atoms with Crippen LogP contribution in [0.4, 0.5) is 8.78 Å². The maximum absolute atomic E-state index is 12.6. The maximum atomic E-state index is 12.6. The molecule has 0 radical (unpaired) electrons. The van der Waals surface area contributed by atoms with Crippen molar-refractivity contribution in [3.8, 4) is 5.75 Å². The van der Waals surface area contributed by atoms with Crippen LogP contribution in [0, 0.1) is 0 Å². The SMILES string of the molecule is CN=C(NCc1ccccc1OC(F)F)NCC1(c2ccccc2)CCOCC1.I. The van der Waals surface area contributed by atoms with Crippen LogP contribution < -0.4 is 15.4 Å². The molecule has 5 nitrogen and oxygen atoms in total. The van der Waals surface area contributed by atoms with Crippen LogP contribution in [0.2, 0.25) is 0 Å². The van der Waals surface area contributed by atoms with E-state index in [4.69, 9.17) is 4.74 Å². The summed E-state index contributed by atoms with van der Waals surface area (Å²) in [4.78, 5) is 4.28. The standard InChI is InChI=1S/C22H27F2N3O2.HI/c1-25-21(26-15-17-7-5-6-10-19(17)29-20(23)24)27-16-22(11-13-28-14-12-22)18-8-3-2-4-9-18;/h2-10,20H,11-16H2,1H3,(H2,25,26,27);1H. The Hall–Kier alpha value is -1.94. The number of rotatable bonds is 7. The van der Waals surface area contributed by atoms with Gasteiger partial charge in [0.2, 0.25) is 0 Å². The maximum Gasteiger partial charge on any atom is 0.387 e. The van der Waals surface area contributed by atoms with E-state index in [1.54, 1.807) is 25.2 Å². The predicted molar refractivity (Wildman–Crippen MR) is 125 cm³/mol. The zero-order chi connectivity index (χ0) is 20.5. The van der Waals surface area contributed by atoms with E-state index < -0.39 is 6.61 Å². The summed E-state index contributed by atoms with van der Waals surface area (Å²) in [6.45, 7) is -0.381. The first-order valence-electron chi connectivity index (χ1n) is 9.73. The summed E-state index contributed by atoms with van der Waals surface area (Å²) in [7, 11) is 1.69. The Morgan fingerprint density at radius 3 is 2.40 bits per heavy atom. The van der Waals surface area contributed by atoms with Crippen molar-refractivity contribution in [1.29, 1.82) is 0 Å². The number of nitrogens with one attached hydrogen (secondary N) is 2. The molecule has 3 rings (SSSR count). The van der Waals surface area contributed by atoms with Gasteiger partial charge in [-0.05, 0) is 24.5 Å². The fourth-order valence-electron chi connectivity index (χ4n) is 3.63. The van der Waals surface area contributed by atoms with E-state index in [9.17, 15) is 8.78 Å². The second kappa shape index (κ2) is 12.0. The molecule has 1 aliphatic heterocycles. The van der Waals surface area contributed by atoms with Crippen LogP contribution in [-0.4, -0.2) is 39.4 Å². The third kappa shape index (κ3) is 6.53. The first-order chi connectivity index (χ1) is 14.1.